The van der Waals surface area contributed by atoms with Crippen LogP contribution in [0.4, 0.5) is 0 Å². The quantitative estimate of drug-likeness (QED) is 0.766. The molecule has 4 nitrogen and oxygen atoms in total. The van der Waals surface area contributed by atoms with E-state index in [1.165, 1.54) is 17.5 Å². The molecule has 0 radical (unpaired) electrons. The van der Waals surface area contributed by atoms with Gasteiger partial charge in [-0.1, -0.05) is 25.6 Å². The summed E-state index contributed by atoms with van der Waals surface area (Å²) in [6.45, 7) is 2.02. The topological polar surface area (TPSA) is 68.0 Å². The number of thiocarbonyl (C=S) groups is 1. The summed E-state index contributed by atoms with van der Waals surface area (Å²) in [5.74, 6) is -0.163. The third-order valence-electron chi connectivity index (χ3n) is 1.88. The van der Waals surface area contributed by atoms with Crippen LogP contribution in [-0.2, 0) is 0 Å². The third-order valence-corrected chi connectivity index (χ3v) is 2.94. The van der Waals surface area contributed by atoms with Gasteiger partial charge in [0.15, 0.2) is 0 Å². The second kappa shape index (κ2) is 5.77. The van der Waals surface area contributed by atoms with Crippen LogP contribution in [0.25, 0.3) is 0 Å². The summed E-state index contributed by atoms with van der Waals surface area (Å²) in [7, 11) is 0. The lowest BCUT2D eigenvalue weighted by Crippen LogP contribution is -2.43. The van der Waals surface area contributed by atoms with Crippen LogP contribution in [0.15, 0.2) is 11.7 Å². The Balaban J connectivity index is 2.59. The summed E-state index contributed by atoms with van der Waals surface area (Å²) in [5.41, 5.74) is 7.14. The average Bonchev–Trinajstić information content (AvgIpc) is 2.69. The average molecular weight is 243 g/mol. The molecule has 0 bridgehead atoms. The fraction of sp³-hybridized carbons (Fsp3) is 0.444. The molecule has 3 N–H and O–H groups in total. The van der Waals surface area contributed by atoms with Gasteiger partial charge in [0.05, 0.1) is 22.7 Å². The van der Waals surface area contributed by atoms with Crippen LogP contribution < -0.4 is 11.1 Å². The maximum Gasteiger partial charge on any atom is 0.263 e. The Bertz CT molecular complexity index is 337. The lowest BCUT2D eigenvalue weighted by Gasteiger charge is -2.15. The van der Waals surface area contributed by atoms with Gasteiger partial charge in [-0.25, -0.2) is 0 Å². The molecule has 0 fully saturated rings. The SMILES string of the molecule is CCCC(NC(=O)c1cncs1)C(N)=S. The first kappa shape index (κ1) is 12.1. The molecule has 1 heterocycles. The molecule has 1 atom stereocenters. The fourth-order valence-corrected chi connectivity index (χ4v) is 1.83. The van der Waals surface area contributed by atoms with Gasteiger partial charge < -0.3 is 11.1 Å². The zero-order valence-corrected chi connectivity index (χ0v) is 10.0. The Morgan fingerprint density at radius 2 is 2.53 bits per heavy atom. The molecular weight excluding hydrogens is 230 g/mol. The summed E-state index contributed by atoms with van der Waals surface area (Å²) in [5, 5.41) is 2.79. The summed E-state index contributed by atoms with van der Waals surface area (Å²) in [6.07, 6.45) is 3.22. The maximum absolute atomic E-state index is 11.6. The highest BCUT2D eigenvalue weighted by Crippen LogP contribution is 2.06. The highest BCUT2D eigenvalue weighted by molar-refractivity contribution is 7.80. The largest absolute Gasteiger partial charge is 0.392 e. The van der Waals surface area contributed by atoms with Crippen LogP contribution in [0.2, 0.25) is 0 Å². The van der Waals surface area contributed by atoms with Crippen LogP contribution in [-0.4, -0.2) is 21.9 Å². The van der Waals surface area contributed by atoms with Gasteiger partial charge in [0.2, 0.25) is 0 Å². The molecule has 0 spiro atoms. The minimum Gasteiger partial charge on any atom is -0.392 e. The van der Waals surface area contributed by atoms with Crippen molar-refractivity contribution in [1.29, 1.82) is 0 Å². The van der Waals surface area contributed by atoms with Gasteiger partial charge in [-0.15, -0.1) is 11.3 Å². The second-order valence-electron chi connectivity index (χ2n) is 3.08. The molecule has 82 valence electrons. The molecule has 0 saturated carbocycles. The number of nitrogens with one attached hydrogen (secondary N) is 1. The number of carbonyl (C=O) groups excluding carboxylic acids is 1. The number of nitrogens with two attached hydrogens (primary N) is 1. The predicted molar refractivity (Wildman–Crippen MR) is 65.1 cm³/mol. The number of hydrogen-bond acceptors (Lipinski definition) is 4. The Labute approximate surface area is 97.9 Å². The van der Waals surface area contributed by atoms with Gasteiger partial charge in [0, 0.05) is 0 Å². The molecule has 1 rings (SSSR count). The van der Waals surface area contributed by atoms with E-state index < -0.39 is 0 Å². The first-order chi connectivity index (χ1) is 7.15. The Hall–Kier alpha value is -1.01. The standard InChI is InChI=1S/C9H13N3OS2/c1-2-3-6(8(10)14)12-9(13)7-4-11-5-15-7/h4-6H,2-3H2,1H3,(H2,10,14)(H,12,13). The number of rotatable bonds is 5. The van der Waals surface area contributed by atoms with E-state index in [-0.39, 0.29) is 11.9 Å². The number of amides is 1. The van der Waals surface area contributed by atoms with Crippen molar-refractivity contribution in [2.75, 3.05) is 0 Å². The Kier molecular flexibility index (Phi) is 4.64. The van der Waals surface area contributed by atoms with Crippen molar-refractivity contribution in [2.45, 2.75) is 25.8 Å². The van der Waals surface area contributed by atoms with E-state index in [1.54, 1.807) is 5.51 Å². The van der Waals surface area contributed by atoms with E-state index in [2.05, 4.69) is 10.3 Å². The van der Waals surface area contributed by atoms with Gasteiger partial charge in [0.25, 0.3) is 5.91 Å². The normalized spacial score (nSPS) is 12.1. The Morgan fingerprint density at radius 1 is 1.80 bits per heavy atom. The van der Waals surface area contributed by atoms with Crippen LogP contribution in [0.3, 0.4) is 0 Å². The number of carbonyl (C=O) groups is 1. The van der Waals surface area contributed by atoms with E-state index in [1.807, 2.05) is 6.92 Å². The predicted octanol–water partition coefficient (Wildman–Crippen LogP) is 1.33. The van der Waals surface area contributed by atoms with Gasteiger partial charge in [0.1, 0.15) is 4.88 Å². The molecule has 0 aliphatic carbocycles. The van der Waals surface area contributed by atoms with E-state index >= 15 is 0 Å². The summed E-state index contributed by atoms with van der Waals surface area (Å²) < 4.78 is 0. The Morgan fingerprint density at radius 3 is 3.00 bits per heavy atom. The smallest absolute Gasteiger partial charge is 0.263 e. The molecule has 15 heavy (non-hydrogen) atoms. The van der Waals surface area contributed by atoms with Crippen LogP contribution in [0, 0.1) is 0 Å². The molecule has 1 amide bonds. The first-order valence-electron chi connectivity index (χ1n) is 4.63. The summed E-state index contributed by atoms with van der Waals surface area (Å²) in [6, 6.07) is -0.223. The van der Waals surface area contributed by atoms with Gasteiger partial charge in [-0.05, 0) is 6.42 Å². The fourth-order valence-electron chi connectivity index (χ4n) is 1.13. The minimum absolute atomic E-state index is 0.163. The van der Waals surface area contributed by atoms with Crippen molar-refractivity contribution in [3.8, 4) is 0 Å². The van der Waals surface area contributed by atoms with E-state index in [9.17, 15) is 4.79 Å². The number of hydrogen-bond donors (Lipinski definition) is 2. The summed E-state index contributed by atoms with van der Waals surface area (Å²) in [4.78, 5) is 16.4. The van der Waals surface area contributed by atoms with Crippen molar-refractivity contribution in [2.24, 2.45) is 5.73 Å². The molecule has 1 aromatic rings. The summed E-state index contributed by atoms with van der Waals surface area (Å²) >= 11 is 6.18. The first-order valence-corrected chi connectivity index (χ1v) is 5.92. The molecular formula is C9H13N3OS2. The van der Waals surface area contributed by atoms with Gasteiger partial charge in [-0.3, -0.25) is 9.78 Å². The van der Waals surface area contributed by atoms with E-state index in [4.69, 9.17) is 18.0 Å². The molecule has 1 aromatic heterocycles. The van der Waals surface area contributed by atoms with E-state index in [0.29, 0.717) is 9.87 Å². The van der Waals surface area contributed by atoms with Crippen LogP contribution >= 0.6 is 23.6 Å². The van der Waals surface area contributed by atoms with Crippen molar-refractivity contribution in [1.82, 2.24) is 10.3 Å². The monoisotopic (exact) mass is 243 g/mol. The molecule has 0 aliphatic heterocycles. The van der Waals surface area contributed by atoms with Crippen molar-refractivity contribution in [3.05, 3.63) is 16.6 Å². The highest BCUT2D eigenvalue weighted by atomic mass is 32.1. The minimum atomic E-state index is -0.223. The molecule has 0 aliphatic rings. The zero-order chi connectivity index (χ0) is 11.3. The van der Waals surface area contributed by atoms with Crippen LogP contribution in [0.1, 0.15) is 29.4 Å². The lowest BCUT2D eigenvalue weighted by atomic mass is 10.1. The number of thiazole rings is 1. The maximum atomic E-state index is 11.6. The highest BCUT2D eigenvalue weighted by Gasteiger charge is 2.15. The molecule has 6 heteroatoms. The lowest BCUT2D eigenvalue weighted by molar-refractivity contribution is 0.0949. The number of aromatic nitrogens is 1. The molecule has 0 saturated heterocycles. The number of nitrogens with zero attached hydrogens (tertiary/aromatic N) is 1. The zero-order valence-electron chi connectivity index (χ0n) is 8.40. The second-order valence-corrected chi connectivity index (χ2v) is 4.44. The van der Waals surface area contributed by atoms with Gasteiger partial charge >= 0.3 is 0 Å². The van der Waals surface area contributed by atoms with Crippen molar-refractivity contribution >= 4 is 34.5 Å². The molecule has 1 unspecified atom stereocenters. The van der Waals surface area contributed by atoms with Crippen LogP contribution in [0.5, 0.6) is 0 Å². The molecule has 0 aromatic carbocycles. The van der Waals surface area contributed by atoms with Gasteiger partial charge in [-0.2, -0.15) is 0 Å². The van der Waals surface area contributed by atoms with Crippen molar-refractivity contribution in [3.63, 3.8) is 0 Å². The van der Waals surface area contributed by atoms with Crippen molar-refractivity contribution < 1.29 is 4.79 Å². The van der Waals surface area contributed by atoms with E-state index in [0.717, 1.165) is 12.8 Å². The third kappa shape index (κ3) is 3.56.